The van der Waals surface area contributed by atoms with Crippen molar-refractivity contribution in [2.75, 3.05) is 5.32 Å². The first-order valence-electron chi connectivity index (χ1n) is 9.17. The number of ether oxygens (including phenoxy) is 1. The zero-order chi connectivity index (χ0) is 21.0. The van der Waals surface area contributed by atoms with Crippen molar-refractivity contribution < 1.29 is 14.3 Å². The van der Waals surface area contributed by atoms with Gasteiger partial charge in [-0.2, -0.15) is 5.26 Å². The van der Waals surface area contributed by atoms with E-state index in [-0.39, 0.29) is 0 Å². The first-order valence-corrected chi connectivity index (χ1v) is 9.17. The number of nitrogens with one attached hydrogen (secondary N) is 1. The van der Waals surface area contributed by atoms with Crippen molar-refractivity contribution in [3.05, 3.63) is 83.2 Å². The summed E-state index contributed by atoms with van der Waals surface area (Å²) in [6, 6.07) is 20.1. The van der Waals surface area contributed by atoms with Crippen LogP contribution in [-0.2, 0) is 9.53 Å². The number of anilines is 1. The molecule has 0 aliphatic heterocycles. The van der Waals surface area contributed by atoms with Crippen LogP contribution >= 0.6 is 0 Å². The van der Waals surface area contributed by atoms with E-state index in [4.69, 9.17) is 10.00 Å². The zero-order valence-electron chi connectivity index (χ0n) is 16.5. The van der Waals surface area contributed by atoms with Crippen LogP contribution in [0.5, 0.6) is 0 Å². The molecule has 3 rings (SSSR count). The summed E-state index contributed by atoms with van der Waals surface area (Å²) in [5.74, 6) is -1.07. The van der Waals surface area contributed by atoms with Crippen LogP contribution in [0.25, 0.3) is 5.69 Å². The standard InChI is InChI=1S/C23H21N3O3/c1-15-13-20(16(2)26(15)19-10-5-4-6-11-19)23(28)29-17(3)22(27)25-21-12-8-7-9-18(21)14-24/h4-13,17H,1-3H3,(H,25,27)/t17-/m1/s1. The van der Waals surface area contributed by atoms with E-state index < -0.39 is 18.0 Å². The Morgan fingerprint density at radius 3 is 2.41 bits per heavy atom. The van der Waals surface area contributed by atoms with Crippen LogP contribution in [0.3, 0.4) is 0 Å². The van der Waals surface area contributed by atoms with Gasteiger partial charge in [-0.15, -0.1) is 0 Å². The highest BCUT2D eigenvalue weighted by Gasteiger charge is 2.23. The highest BCUT2D eigenvalue weighted by Crippen LogP contribution is 2.22. The molecule has 6 nitrogen and oxygen atoms in total. The fraction of sp³-hybridized carbons (Fsp3) is 0.174. The van der Waals surface area contributed by atoms with Crippen molar-refractivity contribution in [2.24, 2.45) is 0 Å². The predicted molar refractivity (Wildman–Crippen MR) is 110 cm³/mol. The maximum atomic E-state index is 12.7. The number of nitrogens with zero attached hydrogens (tertiary/aromatic N) is 2. The van der Waals surface area contributed by atoms with E-state index in [0.29, 0.717) is 16.8 Å². The quantitative estimate of drug-likeness (QED) is 0.667. The molecule has 0 aliphatic rings. The molecular weight excluding hydrogens is 366 g/mol. The number of benzene rings is 2. The third kappa shape index (κ3) is 4.19. The lowest BCUT2D eigenvalue weighted by Crippen LogP contribution is -2.30. The van der Waals surface area contributed by atoms with Crippen LogP contribution in [0.15, 0.2) is 60.7 Å². The van der Waals surface area contributed by atoms with Gasteiger partial charge in [0.15, 0.2) is 6.10 Å². The summed E-state index contributed by atoms with van der Waals surface area (Å²) >= 11 is 0. The Morgan fingerprint density at radius 2 is 1.72 bits per heavy atom. The lowest BCUT2D eigenvalue weighted by Gasteiger charge is -2.14. The summed E-state index contributed by atoms with van der Waals surface area (Å²) in [5, 5.41) is 11.8. The average molecular weight is 387 g/mol. The Bertz CT molecular complexity index is 1090. The predicted octanol–water partition coefficient (Wildman–Crippen LogP) is 4.15. The largest absolute Gasteiger partial charge is 0.449 e. The third-order valence-electron chi connectivity index (χ3n) is 4.62. The lowest BCUT2D eigenvalue weighted by atomic mass is 10.2. The maximum absolute atomic E-state index is 12.7. The number of carbonyl (C=O) groups excluding carboxylic acids is 2. The molecule has 0 aliphatic carbocycles. The van der Waals surface area contributed by atoms with E-state index in [1.54, 1.807) is 30.3 Å². The molecule has 0 bridgehead atoms. The van der Waals surface area contributed by atoms with Crippen LogP contribution in [-0.4, -0.2) is 22.5 Å². The molecule has 0 saturated heterocycles. The summed E-state index contributed by atoms with van der Waals surface area (Å²) in [5.41, 5.74) is 3.70. The topological polar surface area (TPSA) is 84.1 Å². The van der Waals surface area contributed by atoms with Gasteiger partial charge >= 0.3 is 5.97 Å². The van der Waals surface area contributed by atoms with Crippen molar-refractivity contribution in [3.8, 4) is 11.8 Å². The minimum absolute atomic E-state index is 0.339. The second-order valence-corrected chi connectivity index (χ2v) is 6.65. The van der Waals surface area contributed by atoms with Crippen LogP contribution < -0.4 is 5.32 Å². The number of esters is 1. The number of rotatable bonds is 5. The Morgan fingerprint density at radius 1 is 1.07 bits per heavy atom. The molecule has 0 radical (unpaired) electrons. The van der Waals surface area contributed by atoms with Gasteiger partial charge < -0.3 is 14.6 Å². The number of para-hydroxylation sites is 2. The Hall–Kier alpha value is -3.85. The highest BCUT2D eigenvalue weighted by atomic mass is 16.5. The Balaban J connectivity index is 1.75. The second kappa shape index (κ2) is 8.44. The van der Waals surface area contributed by atoms with Gasteiger partial charge in [0.05, 0.1) is 16.8 Å². The van der Waals surface area contributed by atoms with Gasteiger partial charge in [0.1, 0.15) is 6.07 Å². The molecule has 1 N–H and O–H groups in total. The first kappa shape index (κ1) is 19.9. The molecule has 0 fully saturated rings. The molecule has 1 amide bonds. The number of carbonyl (C=O) groups is 2. The third-order valence-corrected chi connectivity index (χ3v) is 4.62. The van der Waals surface area contributed by atoms with Crippen molar-refractivity contribution in [1.29, 1.82) is 5.26 Å². The number of aromatic nitrogens is 1. The molecular formula is C23H21N3O3. The minimum atomic E-state index is -1.02. The van der Waals surface area contributed by atoms with E-state index in [2.05, 4.69) is 5.32 Å². The number of aryl methyl sites for hydroxylation is 1. The molecule has 2 aromatic carbocycles. The van der Waals surface area contributed by atoms with Crippen LogP contribution in [0.4, 0.5) is 5.69 Å². The van der Waals surface area contributed by atoms with Crippen molar-refractivity contribution >= 4 is 17.6 Å². The van der Waals surface area contributed by atoms with Gasteiger partial charge in [0.2, 0.25) is 0 Å². The van der Waals surface area contributed by atoms with Crippen molar-refractivity contribution in [2.45, 2.75) is 26.9 Å². The number of nitriles is 1. The number of amides is 1. The highest BCUT2D eigenvalue weighted by molar-refractivity contribution is 5.98. The fourth-order valence-electron chi connectivity index (χ4n) is 3.15. The van der Waals surface area contributed by atoms with Crippen LogP contribution in [0.1, 0.15) is 34.2 Å². The molecule has 0 spiro atoms. The van der Waals surface area contributed by atoms with Crippen molar-refractivity contribution in [1.82, 2.24) is 4.57 Å². The molecule has 1 aromatic heterocycles. The van der Waals surface area contributed by atoms with Gasteiger partial charge in [-0.25, -0.2) is 4.79 Å². The summed E-state index contributed by atoms with van der Waals surface area (Å²) in [6.07, 6.45) is -1.02. The van der Waals surface area contributed by atoms with E-state index in [1.807, 2.05) is 54.8 Å². The minimum Gasteiger partial charge on any atom is -0.449 e. The van der Waals surface area contributed by atoms with Gasteiger partial charge in [-0.05, 0) is 51.1 Å². The normalized spacial score (nSPS) is 11.4. The molecule has 1 heterocycles. The SMILES string of the molecule is Cc1cc(C(=O)O[C@H](C)C(=O)Nc2ccccc2C#N)c(C)n1-c1ccccc1. The van der Waals surface area contributed by atoms with Gasteiger partial charge in [0, 0.05) is 17.1 Å². The molecule has 1 atom stereocenters. The summed E-state index contributed by atoms with van der Waals surface area (Å²) < 4.78 is 7.34. The summed E-state index contributed by atoms with van der Waals surface area (Å²) in [4.78, 5) is 25.1. The molecule has 6 heteroatoms. The number of hydrogen-bond donors (Lipinski definition) is 1. The summed E-state index contributed by atoms with van der Waals surface area (Å²) in [6.45, 7) is 5.24. The summed E-state index contributed by atoms with van der Waals surface area (Å²) in [7, 11) is 0. The van der Waals surface area contributed by atoms with E-state index in [0.717, 1.165) is 17.1 Å². The van der Waals surface area contributed by atoms with Crippen LogP contribution in [0.2, 0.25) is 0 Å². The van der Waals surface area contributed by atoms with Gasteiger partial charge in [-0.3, -0.25) is 4.79 Å². The smallest absolute Gasteiger partial charge is 0.340 e. The monoisotopic (exact) mass is 387 g/mol. The van der Waals surface area contributed by atoms with E-state index >= 15 is 0 Å². The Kier molecular flexibility index (Phi) is 5.79. The number of hydrogen-bond acceptors (Lipinski definition) is 4. The lowest BCUT2D eigenvalue weighted by molar-refractivity contribution is -0.123. The first-order chi connectivity index (χ1) is 13.9. The van der Waals surface area contributed by atoms with Crippen molar-refractivity contribution in [3.63, 3.8) is 0 Å². The van der Waals surface area contributed by atoms with Gasteiger partial charge in [-0.1, -0.05) is 30.3 Å². The second-order valence-electron chi connectivity index (χ2n) is 6.65. The average Bonchev–Trinajstić information content (AvgIpc) is 3.03. The Labute approximate surface area is 169 Å². The molecule has 0 unspecified atom stereocenters. The molecule has 29 heavy (non-hydrogen) atoms. The molecule has 146 valence electrons. The molecule has 3 aromatic rings. The fourth-order valence-corrected chi connectivity index (χ4v) is 3.15. The molecule has 0 saturated carbocycles. The zero-order valence-corrected chi connectivity index (χ0v) is 16.5. The van der Waals surface area contributed by atoms with Crippen LogP contribution in [0, 0.1) is 25.2 Å². The van der Waals surface area contributed by atoms with Gasteiger partial charge in [0.25, 0.3) is 5.91 Å². The van der Waals surface area contributed by atoms with E-state index in [1.165, 1.54) is 6.92 Å². The van der Waals surface area contributed by atoms with E-state index in [9.17, 15) is 9.59 Å². The maximum Gasteiger partial charge on any atom is 0.340 e.